The van der Waals surface area contributed by atoms with E-state index in [9.17, 15) is 0 Å². The molecular formula is C18H37N3. The minimum absolute atomic E-state index is 0.703. The topological polar surface area (TPSA) is 18.5 Å². The van der Waals surface area contributed by atoms with Gasteiger partial charge in [0, 0.05) is 44.8 Å². The molecule has 0 aromatic carbocycles. The van der Waals surface area contributed by atoms with Crippen LogP contribution in [0.25, 0.3) is 0 Å². The fraction of sp³-hybridized carbons (Fsp3) is 1.00. The molecule has 1 atom stereocenters. The zero-order valence-electron chi connectivity index (χ0n) is 14.8. The number of nitrogens with zero attached hydrogens (tertiary/aromatic N) is 2. The lowest BCUT2D eigenvalue weighted by Gasteiger charge is -2.43. The zero-order chi connectivity index (χ0) is 15.2. The van der Waals surface area contributed by atoms with Crippen molar-refractivity contribution in [1.82, 2.24) is 15.1 Å². The van der Waals surface area contributed by atoms with E-state index in [4.69, 9.17) is 0 Å². The first-order valence-corrected chi connectivity index (χ1v) is 9.26. The van der Waals surface area contributed by atoms with Crippen molar-refractivity contribution in [2.24, 2.45) is 11.8 Å². The molecule has 0 bridgehead atoms. The van der Waals surface area contributed by atoms with Gasteiger partial charge in [0.15, 0.2) is 0 Å². The summed E-state index contributed by atoms with van der Waals surface area (Å²) in [6.07, 6.45) is 5.81. The van der Waals surface area contributed by atoms with Crippen molar-refractivity contribution < 1.29 is 0 Å². The molecule has 1 unspecified atom stereocenters. The fourth-order valence-electron chi connectivity index (χ4n) is 4.01. The van der Waals surface area contributed by atoms with Gasteiger partial charge in [0.1, 0.15) is 0 Å². The molecule has 124 valence electrons. The molecule has 0 aromatic heterocycles. The van der Waals surface area contributed by atoms with E-state index in [1.807, 2.05) is 0 Å². The zero-order valence-corrected chi connectivity index (χ0v) is 14.8. The van der Waals surface area contributed by atoms with E-state index in [1.54, 1.807) is 0 Å². The van der Waals surface area contributed by atoms with Crippen LogP contribution >= 0.6 is 0 Å². The van der Waals surface area contributed by atoms with Gasteiger partial charge < -0.3 is 5.32 Å². The van der Waals surface area contributed by atoms with Crippen LogP contribution in [-0.2, 0) is 0 Å². The minimum Gasteiger partial charge on any atom is -0.315 e. The molecule has 1 heterocycles. The van der Waals surface area contributed by atoms with Crippen molar-refractivity contribution >= 4 is 0 Å². The van der Waals surface area contributed by atoms with Crippen LogP contribution in [0.1, 0.15) is 53.4 Å². The minimum atomic E-state index is 0.703. The summed E-state index contributed by atoms with van der Waals surface area (Å²) in [7, 11) is 0. The van der Waals surface area contributed by atoms with Gasteiger partial charge in [0.05, 0.1) is 0 Å². The van der Waals surface area contributed by atoms with Gasteiger partial charge >= 0.3 is 0 Å². The molecule has 0 radical (unpaired) electrons. The Morgan fingerprint density at radius 3 is 2.05 bits per heavy atom. The number of hydrogen-bond donors (Lipinski definition) is 1. The Kier molecular flexibility index (Phi) is 6.97. The van der Waals surface area contributed by atoms with E-state index in [0.717, 1.165) is 31.0 Å². The van der Waals surface area contributed by atoms with Crippen LogP contribution in [0.15, 0.2) is 0 Å². The highest BCUT2D eigenvalue weighted by molar-refractivity contribution is 4.86. The second kappa shape index (κ2) is 8.50. The van der Waals surface area contributed by atoms with Crippen molar-refractivity contribution in [3.05, 3.63) is 0 Å². The summed E-state index contributed by atoms with van der Waals surface area (Å²) in [5, 5.41) is 3.67. The van der Waals surface area contributed by atoms with Crippen molar-refractivity contribution in [2.45, 2.75) is 65.5 Å². The standard InChI is InChI=1S/C18H37N3/c1-15(2)13-19-14-18(16(3)4)21-11-9-20(10-12-21)17-7-5-6-8-17/h15-19H,5-14H2,1-4H3. The van der Waals surface area contributed by atoms with Gasteiger partial charge in [0.25, 0.3) is 0 Å². The lowest BCUT2D eigenvalue weighted by Crippen LogP contribution is -2.56. The first-order chi connectivity index (χ1) is 10.1. The fourth-order valence-corrected chi connectivity index (χ4v) is 4.01. The van der Waals surface area contributed by atoms with Crippen LogP contribution in [0, 0.1) is 11.8 Å². The average molecular weight is 296 g/mol. The molecule has 1 saturated carbocycles. The van der Waals surface area contributed by atoms with Gasteiger partial charge in [-0.3, -0.25) is 9.80 Å². The van der Waals surface area contributed by atoms with Crippen molar-refractivity contribution in [3.8, 4) is 0 Å². The highest BCUT2D eigenvalue weighted by Crippen LogP contribution is 2.25. The van der Waals surface area contributed by atoms with Gasteiger partial charge in [-0.2, -0.15) is 0 Å². The molecule has 2 aliphatic rings. The van der Waals surface area contributed by atoms with Gasteiger partial charge in [-0.25, -0.2) is 0 Å². The molecule has 1 N–H and O–H groups in total. The normalized spacial score (nSPS) is 24.3. The Hall–Kier alpha value is -0.120. The predicted octanol–water partition coefficient (Wildman–Crippen LogP) is 2.82. The van der Waals surface area contributed by atoms with Gasteiger partial charge in [0.2, 0.25) is 0 Å². The average Bonchev–Trinajstić information content (AvgIpc) is 2.97. The Morgan fingerprint density at radius 2 is 1.52 bits per heavy atom. The second-order valence-corrected chi connectivity index (χ2v) is 7.87. The second-order valence-electron chi connectivity index (χ2n) is 7.87. The summed E-state index contributed by atoms with van der Waals surface area (Å²) in [6.45, 7) is 16.7. The Morgan fingerprint density at radius 1 is 0.905 bits per heavy atom. The number of piperazine rings is 1. The lowest BCUT2D eigenvalue weighted by atomic mass is 10.0. The van der Waals surface area contributed by atoms with E-state index in [2.05, 4.69) is 42.8 Å². The van der Waals surface area contributed by atoms with Gasteiger partial charge in [-0.1, -0.05) is 40.5 Å². The smallest absolute Gasteiger partial charge is 0.0244 e. The number of hydrogen-bond acceptors (Lipinski definition) is 3. The van der Waals surface area contributed by atoms with Crippen LogP contribution in [0.3, 0.4) is 0 Å². The monoisotopic (exact) mass is 295 g/mol. The summed E-state index contributed by atoms with van der Waals surface area (Å²) in [6, 6.07) is 1.61. The summed E-state index contributed by atoms with van der Waals surface area (Å²) < 4.78 is 0. The van der Waals surface area contributed by atoms with E-state index in [-0.39, 0.29) is 0 Å². The third kappa shape index (κ3) is 5.22. The molecule has 2 fully saturated rings. The summed E-state index contributed by atoms with van der Waals surface area (Å²) in [5.41, 5.74) is 0. The van der Waals surface area contributed by atoms with Gasteiger partial charge in [-0.05, 0) is 31.2 Å². The summed E-state index contributed by atoms with van der Waals surface area (Å²) in [5.74, 6) is 1.49. The highest BCUT2D eigenvalue weighted by atomic mass is 15.3. The SMILES string of the molecule is CC(C)CNCC(C(C)C)N1CCN(C2CCCC2)CC1. The van der Waals surface area contributed by atoms with Crippen LogP contribution in [0.5, 0.6) is 0 Å². The van der Waals surface area contributed by atoms with E-state index < -0.39 is 0 Å². The predicted molar refractivity (Wildman–Crippen MR) is 91.7 cm³/mol. The van der Waals surface area contributed by atoms with Crippen LogP contribution < -0.4 is 5.32 Å². The molecular weight excluding hydrogens is 258 g/mol. The van der Waals surface area contributed by atoms with E-state index >= 15 is 0 Å². The summed E-state index contributed by atoms with van der Waals surface area (Å²) in [4.78, 5) is 5.51. The molecule has 1 aliphatic carbocycles. The van der Waals surface area contributed by atoms with Crippen molar-refractivity contribution in [1.29, 1.82) is 0 Å². The third-order valence-electron chi connectivity index (χ3n) is 5.33. The number of nitrogens with one attached hydrogen (secondary N) is 1. The molecule has 1 aliphatic heterocycles. The Bertz CT molecular complexity index is 276. The maximum absolute atomic E-state index is 3.67. The van der Waals surface area contributed by atoms with Crippen LogP contribution in [-0.4, -0.2) is 61.2 Å². The molecule has 2 rings (SSSR count). The third-order valence-corrected chi connectivity index (χ3v) is 5.33. The quantitative estimate of drug-likeness (QED) is 0.779. The van der Waals surface area contributed by atoms with E-state index in [1.165, 1.54) is 51.9 Å². The first-order valence-electron chi connectivity index (χ1n) is 9.26. The molecule has 0 spiro atoms. The molecule has 3 nitrogen and oxygen atoms in total. The van der Waals surface area contributed by atoms with Crippen LogP contribution in [0.2, 0.25) is 0 Å². The maximum atomic E-state index is 3.67. The van der Waals surface area contributed by atoms with Crippen molar-refractivity contribution in [3.63, 3.8) is 0 Å². The first kappa shape index (κ1) is 17.2. The van der Waals surface area contributed by atoms with Crippen molar-refractivity contribution in [2.75, 3.05) is 39.3 Å². The largest absolute Gasteiger partial charge is 0.315 e. The molecule has 0 amide bonds. The highest BCUT2D eigenvalue weighted by Gasteiger charge is 2.29. The summed E-state index contributed by atoms with van der Waals surface area (Å²) >= 11 is 0. The number of rotatable bonds is 7. The van der Waals surface area contributed by atoms with Gasteiger partial charge in [-0.15, -0.1) is 0 Å². The van der Waals surface area contributed by atoms with Crippen LogP contribution in [0.4, 0.5) is 0 Å². The molecule has 1 saturated heterocycles. The molecule has 21 heavy (non-hydrogen) atoms. The maximum Gasteiger partial charge on any atom is 0.0244 e. The van der Waals surface area contributed by atoms with E-state index in [0.29, 0.717) is 6.04 Å². The Labute approximate surface area is 132 Å². The lowest BCUT2D eigenvalue weighted by molar-refractivity contribution is 0.0550. The molecule has 3 heteroatoms. The Balaban J connectivity index is 1.76. The molecule has 0 aromatic rings.